The molecule has 1 aromatic carbocycles. The highest BCUT2D eigenvalue weighted by Crippen LogP contribution is 2.32. The molecule has 120 valence electrons. The van der Waals surface area contributed by atoms with Gasteiger partial charge in [-0.3, -0.25) is 15.1 Å². The standard InChI is InChI=1S/C16H17N3O4/c1-16(2,3)18-15(20)23-14-7-6-11(9-13(14)19(21)22)12-5-4-8-17-10-12/h4-10H,1-3H3,(H,18,20). The van der Waals surface area contributed by atoms with Crippen LogP contribution in [-0.2, 0) is 0 Å². The highest BCUT2D eigenvalue weighted by Gasteiger charge is 2.21. The molecule has 0 spiro atoms. The minimum atomic E-state index is -0.741. The molecule has 0 bridgehead atoms. The molecule has 0 radical (unpaired) electrons. The number of hydrogen-bond acceptors (Lipinski definition) is 5. The van der Waals surface area contributed by atoms with E-state index in [-0.39, 0.29) is 11.4 Å². The summed E-state index contributed by atoms with van der Waals surface area (Å²) in [5.74, 6) is -0.107. The van der Waals surface area contributed by atoms with Crippen molar-refractivity contribution < 1.29 is 14.5 Å². The third kappa shape index (κ3) is 4.50. The number of amides is 1. The van der Waals surface area contributed by atoms with E-state index in [1.165, 1.54) is 12.1 Å². The van der Waals surface area contributed by atoms with Gasteiger partial charge in [0, 0.05) is 29.6 Å². The Hall–Kier alpha value is -2.96. The van der Waals surface area contributed by atoms with Crippen molar-refractivity contribution in [3.8, 4) is 16.9 Å². The number of rotatable bonds is 3. The number of benzene rings is 1. The summed E-state index contributed by atoms with van der Waals surface area (Å²) < 4.78 is 5.07. The molecular weight excluding hydrogens is 298 g/mol. The summed E-state index contributed by atoms with van der Waals surface area (Å²) in [6.45, 7) is 5.36. The lowest BCUT2D eigenvalue weighted by Gasteiger charge is -2.19. The van der Waals surface area contributed by atoms with Crippen molar-refractivity contribution in [2.45, 2.75) is 26.3 Å². The van der Waals surface area contributed by atoms with Crippen LogP contribution in [0, 0.1) is 10.1 Å². The van der Waals surface area contributed by atoms with Crippen molar-refractivity contribution in [2.75, 3.05) is 0 Å². The van der Waals surface area contributed by atoms with Crippen molar-refractivity contribution >= 4 is 11.8 Å². The number of carbonyl (C=O) groups excluding carboxylic acids is 1. The number of pyridine rings is 1. The van der Waals surface area contributed by atoms with E-state index in [0.29, 0.717) is 5.56 Å². The van der Waals surface area contributed by atoms with Gasteiger partial charge in [-0.15, -0.1) is 0 Å². The van der Waals surface area contributed by atoms with Gasteiger partial charge >= 0.3 is 11.8 Å². The van der Waals surface area contributed by atoms with E-state index in [9.17, 15) is 14.9 Å². The molecule has 1 aromatic heterocycles. The number of nitro groups is 1. The van der Waals surface area contributed by atoms with Crippen LogP contribution in [0.3, 0.4) is 0 Å². The lowest BCUT2D eigenvalue weighted by atomic mass is 10.1. The average Bonchev–Trinajstić information content (AvgIpc) is 2.46. The fourth-order valence-electron chi connectivity index (χ4n) is 1.89. The van der Waals surface area contributed by atoms with Crippen molar-refractivity contribution in [3.63, 3.8) is 0 Å². The monoisotopic (exact) mass is 315 g/mol. The van der Waals surface area contributed by atoms with Crippen LogP contribution < -0.4 is 10.1 Å². The highest BCUT2D eigenvalue weighted by atomic mass is 16.6. The second-order valence-electron chi connectivity index (χ2n) is 5.95. The van der Waals surface area contributed by atoms with Gasteiger partial charge in [0.2, 0.25) is 5.75 Å². The Morgan fingerprint density at radius 1 is 1.26 bits per heavy atom. The lowest BCUT2D eigenvalue weighted by molar-refractivity contribution is -0.385. The molecular formula is C16H17N3O4. The first-order valence-corrected chi connectivity index (χ1v) is 6.95. The van der Waals surface area contributed by atoms with Crippen LogP contribution in [-0.4, -0.2) is 21.5 Å². The number of nitrogens with one attached hydrogen (secondary N) is 1. The van der Waals surface area contributed by atoms with Crippen molar-refractivity contribution in [1.82, 2.24) is 10.3 Å². The quantitative estimate of drug-likeness (QED) is 0.690. The minimum absolute atomic E-state index is 0.107. The third-order valence-corrected chi connectivity index (χ3v) is 2.83. The zero-order valence-electron chi connectivity index (χ0n) is 13.1. The first-order chi connectivity index (χ1) is 10.8. The molecule has 2 aromatic rings. The minimum Gasteiger partial charge on any atom is -0.403 e. The molecule has 7 heteroatoms. The Bertz CT molecular complexity index is 724. The Balaban J connectivity index is 2.31. The van der Waals surface area contributed by atoms with Gasteiger partial charge < -0.3 is 10.1 Å². The molecule has 0 fully saturated rings. The van der Waals surface area contributed by atoms with Crippen molar-refractivity contribution in [3.05, 3.63) is 52.8 Å². The maximum atomic E-state index is 11.8. The van der Waals surface area contributed by atoms with E-state index in [2.05, 4.69) is 10.3 Å². The average molecular weight is 315 g/mol. The van der Waals surface area contributed by atoms with E-state index in [4.69, 9.17) is 4.74 Å². The van der Waals surface area contributed by atoms with Gasteiger partial charge in [-0.05, 0) is 38.5 Å². The zero-order valence-corrected chi connectivity index (χ0v) is 13.1. The Labute approximate surface area is 133 Å². The van der Waals surface area contributed by atoms with E-state index in [1.54, 1.807) is 51.4 Å². The highest BCUT2D eigenvalue weighted by molar-refractivity contribution is 5.75. The molecule has 0 saturated heterocycles. The SMILES string of the molecule is CC(C)(C)NC(=O)Oc1ccc(-c2cccnc2)cc1[N+](=O)[O-]. The van der Waals surface area contributed by atoms with Crippen LogP contribution in [0.2, 0.25) is 0 Å². The maximum absolute atomic E-state index is 11.8. The molecule has 0 aliphatic carbocycles. The van der Waals surface area contributed by atoms with Gasteiger partial charge in [0.25, 0.3) is 0 Å². The molecule has 0 saturated carbocycles. The van der Waals surface area contributed by atoms with Gasteiger partial charge in [-0.2, -0.15) is 0 Å². The fraction of sp³-hybridized carbons (Fsp3) is 0.250. The molecule has 23 heavy (non-hydrogen) atoms. The van der Waals surface area contributed by atoms with Crippen molar-refractivity contribution in [1.29, 1.82) is 0 Å². The molecule has 1 heterocycles. The van der Waals surface area contributed by atoms with Crippen LogP contribution in [0.5, 0.6) is 5.75 Å². The van der Waals surface area contributed by atoms with Gasteiger partial charge in [0.1, 0.15) is 0 Å². The normalized spacial score (nSPS) is 10.9. The molecule has 0 atom stereocenters. The second kappa shape index (κ2) is 6.43. The predicted octanol–water partition coefficient (Wildman–Crippen LogP) is 3.54. The van der Waals surface area contributed by atoms with E-state index in [0.717, 1.165) is 5.56 Å². The van der Waals surface area contributed by atoms with Crippen molar-refractivity contribution in [2.24, 2.45) is 0 Å². The maximum Gasteiger partial charge on any atom is 0.413 e. The molecule has 0 unspecified atom stereocenters. The molecule has 2 rings (SSSR count). The van der Waals surface area contributed by atoms with Gasteiger partial charge in [0.05, 0.1) is 4.92 Å². The molecule has 1 amide bonds. The summed E-state index contributed by atoms with van der Waals surface area (Å²) in [7, 11) is 0. The summed E-state index contributed by atoms with van der Waals surface area (Å²) in [6.07, 6.45) is 2.48. The molecule has 0 aliphatic heterocycles. The fourth-order valence-corrected chi connectivity index (χ4v) is 1.89. The topological polar surface area (TPSA) is 94.4 Å². The summed E-state index contributed by atoms with van der Waals surface area (Å²) in [5, 5.41) is 13.8. The van der Waals surface area contributed by atoms with Gasteiger partial charge in [-0.25, -0.2) is 4.79 Å². The Kier molecular flexibility index (Phi) is 4.59. The second-order valence-corrected chi connectivity index (χ2v) is 5.95. The number of nitrogens with zero attached hydrogens (tertiary/aromatic N) is 2. The summed E-state index contributed by atoms with van der Waals surface area (Å²) in [6, 6.07) is 7.93. The molecule has 7 nitrogen and oxygen atoms in total. The number of carbonyl (C=O) groups is 1. The van der Waals surface area contributed by atoms with Crippen LogP contribution in [0.15, 0.2) is 42.7 Å². The van der Waals surface area contributed by atoms with E-state index in [1.807, 2.05) is 0 Å². The molecule has 0 aliphatic rings. The predicted molar refractivity (Wildman–Crippen MR) is 85.2 cm³/mol. The largest absolute Gasteiger partial charge is 0.413 e. The number of ether oxygens (including phenoxy) is 1. The number of nitro benzene ring substituents is 1. The number of aromatic nitrogens is 1. The zero-order chi connectivity index (χ0) is 17.0. The number of hydrogen-bond donors (Lipinski definition) is 1. The van der Waals surface area contributed by atoms with Crippen LogP contribution in [0.25, 0.3) is 11.1 Å². The van der Waals surface area contributed by atoms with Crippen LogP contribution in [0.1, 0.15) is 20.8 Å². The first kappa shape index (κ1) is 16.4. The Morgan fingerprint density at radius 2 is 2.00 bits per heavy atom. The summed E-state index contributed by atoms with van der Waals surface area (Å²) in [5.41, 5.74) is 0.576. The third-order valence-electron chi connectivity index (χ3n) is 2.83. The van der Waals surface area contributed by atoms with Crippen LogP contribution in [0.4, 0.5) is 10.5 Å². The van der Waals surface area contributed by atoms with Gasteiger partial charge in [0.15, 0.2) is 0 Å². The van der Waals surface area contributed by atoms with Gasteiger partial charge in [-0.1, -0.05) is 12.1 Å². The van der Waals surface area contributed by atoms with Crippen LogP contribution >= 0.6 is 0 Å². The first-order valence-electron chi connectivity index (χ1n) is 6.95. The summed E-state index contributed by atoms with van der Waals surface area (Å²) in [4.78, 5) is 26.4. The van der Waals surface area contributed by atoms with E-state index >= 15 is 0 Å². The molecule has 1 N–H and O–H groups in total. The summed E-state index contributed by atoms with van der Waals surface area (Å²) >= 11 is 0. The lowest BCUT2D eigenvalue weighted by Crippen LogP contribution is -2.42. The Morgan fingerprint density at radius 3 is 2.57 bits per heavy atom. The van der Waals surface area contributed by atoms with E-state index < -0.39 is 16.6 Å². The smallest absolute Gasteiger partial charge is 0.403 e.